The van der Waals surface area contributed by atoms with Crippen LogP contribution in [0.15, 0.2) is 24.3 Å². The van der Waals surface area contributed by atoms with Gasteiger partial charge >= 0.3 is 0 Å². The zero-order valence-electron chi connectivity index (χ0n) is 25.4. The molecule has 13 nitrogen and oxygen atoms in total. The van der Waals surface area contributed by atoms with Crippen molar-refractivity contribution >= 4 is 29.4 Å². The molecular weight excluding hydrogens is 558 g/mol. The molecule has 4 amide bonds. The summed E-state index contributed by atoms with van der Waals surface area (Å²) in [6, 6.07) is 4.12. The van der Waals surface area contributed by atoms with Crippen LogP contribution in [0.25, 0.3) is 0 Å². The second kappa shape index (κ2) is 14.3. The number of Topliss-reactive ketones (excluding diaryl/α,β-unsaturated/α-hetero) is 1. The third-order valence-corrected chi connectivity index (χ3v) is 8.26. The van der Waals surface area contributed by atoms with Crippen molar-refractivity contribution in [2.75, 3.05) is 60.2 Å². The summed E-state index contributed by atoms with van der Waals surface area (Å²) in [7, 11) is 3.26. The lowest BCUT2D eigenvalue weighted by Gasteiger charge is -2.27. The van der Waals surface area contributed by atoms with Gasteiger partial charge in [0.15, 0.2) is 5.78 Å². The van der Waals surface area contributed by atoms with Crippen LogP contribution >= 0.6 is 0 Å². The quantitative estimate of drug-likeness (QED) is 0.234. The van der Waals surface area contributed by atoms with E-state index in [9.17, 15) is 24.0 Å². The van der Waals surface area contributed by atoms with E-state index in [0.717, 1.165) is 5.56 Å². The van der Waals surface area contributed by atoms with Gasteiger partial charge in [-0.3, -0.25) is 28.9 Å². The summed E-state index contributed by atoms with van der Waals surface area (Å²) in [6.07, 6.45) is 0.847. The van der Waals surface area contributed by atoms with E-state index in [1.165, 1.54) is 0 Å². The number of rotatable bonds is 14. The molecule has 3 saturated heterocycles. The van der Waals surface area contributed by atoms with Crippen molar-refractivity contribution in [3.05, 3.63) is 29.8 Å². The number of nitrogens with one attached hydrogen (secondary N) is 3. The van der Waals surface area contributed by atoms with Crippen molar-refractivity contribution < 1.29 is 38.2 Å². The lowest BCUT2D eigenvalue weighted by molar-refractivity contribution is -0.135. The number of morpholine rings is 1. The van der Waals surface area contributed by atoms with Gasteiger partial charge in [0.2, 0.25) is 23.6 Å². The highest BCUT2D eigenvalue weighted by molar-refractivity contribution is 5.99. The molecule has 0 saturated carbocycles. The molecule has 1 unspecified atom stereocenters. The highest BCUT2D eigenvalue weighted by Gasteiger charge is 2.51. The van der Waals surface area contributed by atoms with Crippen LogP contribution in [-0.4, -0.2) is 123 Å². The van der Waals surface area contributed by atoms with E-state index < -0.39 is 41.5 Å². The molecule has 3 aliphatic heterocycles. The van der Waals surface area contributed by atoms with Crippen LogP contribution < -0.4 is 20.7 Å². The maximum atomic E-state index is 13.8. The number of benzene rings is 1. The maximum absolute atomic E-state index is 13.8. The Kier molecular flexibility index (Phi) is 10.7. The van der Waals surface area contributed by atoms with Crippen molar-refractivity contribution in [2.24, 2.45) is 5.92 Å². The molecular formula is C30H43N5O8. The van der Waals surface area contributed by atoms with E-state index >= 15 is 0 Å². The van der Waals surface area contributed by atoms with Gasteiger partial charge in [-0.1, -0.05) is 12.1 Å². The topological polar surface area (TPSA) is 159 Å². The molecule has 3 N–H and O–H groups in total. The molecule has 5 atom stereocenters. The van der Waals surface area contributed by atoms with Crippen LogP contribution in [0.5, 0.6) is 5.75 Å². The van der Waals surface area contributed by atoms with Crippen LogP contribution in [-0.2, 0) is 39.9 Å². The zero-order chi connectivity index (χ0) is 31.1. The Hall–Kier alpha value is -3.55. The normalized spacial score (nSPS) is 24.0. The van der Waals surface area contributed by atoms with Gasteiger partial charge in [0.1, 0.15) is 23.4 Å². The SMILES string of the molecule is COc1ccc(C[C@H](NC(=O)[C@H](C)NC(=O)CN2CCOCC2)C(=O)N[C@@H](CC2CCN(C)C2=O)C(=O)[C@@]2(C)CO2)cc1. The van der Waals surface area contributed by atoms with E-state index in [2.05, 4.69) is 16.0 Å². The summed E-state index contributed by atoms with van der Waals surface area (Å²) < 4.78 is 15.9. The number of methoxy groups -OCH3 is 1. The number of likely N-dealkylation sites (tertiary alicyclic amines) is 1. The number of carbonyl (C=O) groups is 5. The van der Waals surface area contributed by atoms with E-state index in [-0.39, 0.29) is 43.6 Å². The zero-order valence-corrected chi connectivity index (χ0v) is 25.4. The highest BCUT2D eigenvalue weighted by Crippen LogP contribution is 2.31. The average molecular weight is 602 g/mol. The first-order valence-corrected chi connectivity index (χ1v) is 14.8. The number of hydrogen-bond acceptors (Lipinski definition) is 9. The Morgan fingerprint density at radius 1 is 1.02 bits per heavy atom. The second-order valence-electron chi connectivity index (χ2n) is 11.7. The standard InChI is InChI=1S/C30H43N5O8/c1-19(31-25(36)17-35-11-13-42-14-12-35)27(38)33-24(15-20-5-7-22(41-4)8-6-20)28(39)32-23(26(37)30(2)18-43-30)16-21-9-10-34(3)29(21)40/h5-8,19,21,23-24H,9-18H2,1-4H3,(H,31,36)(H,32,39)(H,33,38)/t19-,21?,23-,24-,30+/m0/s1. The molecule has 43 heavy (non-hydrogen) atoms. The highest BCUT2D eigenvalue weighted by atomic mass is 16.6. The summed E-state index contributed by atoms with van der Waals surface area (Å²) >= 11 is 0. The Morgan fingerprint density at radius 2 is 1.67 bits per heavy atom. The van der Waals surface area contributed by atoms with Gasteiger partial charge in [-0.2, -0.15) is 0 Å². The summed E-state index contributed by atoms with van der Waals surface area (Å²) in [5.74, 6) is -1.57. The second-order valence-corrected chi connectivity index (χ2v) is 11.7. The van der Waals surface area contributed by atoms with E-state index in [4.69, 9.17) is 14.2 Å². The van der Waals surface area contributed by atoms with Crippen molar-refractivity contribution in [1.82, 2.24) is 25.8 Å². The Morgan fingerprint density at radius 3 is 2.26 bits per heavy atom. The van der Waals surface area contributed by atoms with Gasteiger partial charge in [0.05, 0.1) is 39.5 Å². The van der Waals surface area contributed by atoms with Crippen LogP contribution in [0.1, 0.15) is 32.3 Å². The minimum Gasteiger partial charge on any atom is -0.497 e. The van der Waals surface area contributed by atoms with Gasteiger partial charge in [-0.15, -0.1) is 0 Å². The Bertz CT molecular complexity index is 1180. The molecule has 1 aromatic rings. The first-order valence-electron chi connectivity index (χ1n) is 14.8. The van der Waals surface area contributed by atoms with Gasteiger partial charge in [0.25, 0.3) is 0 Å². The van der Waals surface area contributed by atoms with E-state index in [1.807, 2.05) is 4.90 Å². The molecule has 3 aliphatic rings. The number of amides is 4. The third kappa shape index (κ3) is 8.74. The first-order chi connectivity index (χ1) is 20.5. The number of nitrogens with zero attached hydrogens (tertiary/aromatic N) is 2. The van der Waals surface area contributed by atoms with Gasteiger partial charge in [-0.05, 0) is 44.4 Å². The fourth-order valence-electron chi connectivity index (χ4n) is 5.34. The first kappa shape index (κ1) is 32.4. The molecule has 236 valence electrons. The lowest BCUT2D eigenvalue weighted by Crippen LogP contribution is -2.57. The number of epoxide rings is 1. The molecule has 3 heterocycles. The number of ether oxygens (including phenoxy) is 3. The summed E-state index contributed by atoms with van der Waals surface area (Å²) in [6.45, 7) is 6.52. The van der Waals surface area contributed by atoms with Crippen LogP contribution in [0.4, 0.5) is 0 Å². The summed E-state index contributed by atoms with van der Waals surface area (Å²) in [5, 5.41) is 8.29. The monoisotopic (exact) mass is 601 g/mol. The number of ketones is 1. The van der Waals surface area contributed by atoms with E-state index in [0.29, 0.717) is 45.0 Å². The molecule has 4 rings (SSSR count). The molecule has 0 spiro atoms. The van der Waals surface area contributed by atoms with Crippen molar-refractivity contribution in [3.8, 4) is 5.75 Å². The maximum Gasteiger partial charge on any atom is 0.243 e. The van der Waals surface area contributed by atoms with Crippen LogP contribution in [0, 0.1) is 5.92 Å². The molecule has 0 aliphatic carbocycles. The number of hydrogen-bond donors (Lipinski definition) is 3. The summed E-state index contributed by atoms with van der Waals surface area (Å²) in [4.78, 5) is 69.1. The van der Waals surface area contributed by atoms with Crippen molar-refractivity contribution in [2.45, 2.75) is 56.8 Å². The molecule has 1 aromatic carbocycles. The Balaban J connectivity index is 1.46. The fraction of sp³-hybridized carbons (Fsp3) is 0.633. The smallest absolute Gasteiger partial charge is 0.243 e. The molecule has 0 aromatic heterocycles. The predicted octanol–water partition coefficient (Wildman–Crippen LogP) is -0.729. The van der Waals surface area contributed by atoms with Crippen molar-refractivity contribution in [1.29, 1.82) is 0 Å². The third-order valence-electron chi connectivity index (χ3n) is 8.26. The Labute approximate surface area is 251 Å². The molecule has 3 fully saturated rings. The summed E-state index contributed by atoms with van der Waals surface area (Å²) in [5.41, 5.74) is -0.266. The minimum absolute atomic E-state index is 0.0707. The average Bonchev–Trinajstić information content (AvgIpc) is 3.68. The number of carbonyl (C=O) groups excluding carboxylic acids is 5. The largest absolute Gasteiger partial charge is 0.497 e. The molecule has 0 radical (unpaired) electrons. The van der Waals surface area contributed by atoms with E-state index in [1.54, 1.807) is 57.2 Å². The van der Waals surface area contributed by atoms with Gasteiger partial charge in [-0.25, -0.2) is 0 Å². The molecule has 13 heteroatoms. The van der Waals surface area contributed by atoms with Crippen LogP contribution in [0.3, 0.4) is 0 Å². The molecule has 0 bridgehead atoms. The van der Waals surface area contributed by atoms with Crippen LogP contribution in [0.2, 0.25) is 0 Å². The minimum atomic E-state index is -1.07. The van der Waals surface area contributed by atoms with Gasteiger partial charge in [0, 0.05) is 39.0 Å². The van der Waals surface area contributed by atoms with Gasteiger partial charge < -0.3 is 35.1 Å². The van der Waals surface area contributed by atoms with Crippen molar-refractivity contribution in [3.63, 3.8) is 0 Å². The fourth-order valence-corrected chi connectivity index (χ4v) is 5.34. The predicted molar refractivity (Wildman–Crippen MR) is 155 cm³/mol. The lowest BCUT2D eigenvalue weighted by atomic mass is 9.90.